The summed E-state index contributed by atoms with van der Waals surface area (Å²) >= 11 is 6.83. The molecule has 0 spiro atoms. The zero-order chi connectivity index (χ0) is 32.3. The zero-order valence-electron chi connectivity index (χ0n) is 24.5. The Morgan fingerprint density at radius 2 is 1.38 bits per heavy atom. The Morgan fingerprint density at radius 1 is 0.800 bits per heavy atom. The molecule has 0 unspecified atom stereocenters. The second-order valence-electron chi connectivity index (χ2n) is 9.37. The van der Waals surface area contributed by atoms with Crippen LogP contribution < -0.4 is 29.7 Å². The lowest BCUT2D eigenvalue weighted by Gasteiger charge is -2.17. The number of benzene rings is 4. The van der Waals surface area contributed by atoms with Crippen LogP contribution in [0.25, 0.3) is 0 Å². The molecule has 0 atom stereocenters. The standard InChI is InChI=1S/C33H29Br2N3O7/c1-42-26-15-22(16-27(43-2)31(26)44-3)33(41)45-30-23(14-24(34)17-25(30)35)18-37-38-28(39)19-36-32(40)29(20-10-6-4-7-11-20)21-12-8-5-9-13-21/h4-18,29H,19H2,1-3H3,(H,36,40)(H,38,39)/b37-18+. The van der Waals surface area contributed by atoms with Gasteiger partial charge in [-0.3, -0.25) is 9.59 Å². The van der Waals surface area contributed by atoms with E-state index in [9.17, 15) is 14.4 Å². The van der Waals surface area contributed by atoms with Gasteiger partial charge in [0.1, 0.15) is 0 Å². The summed E-state index contributed by atoms with van der Waals surface area (Å²) in [5.41, 5.74) is 4.51. The van der Waals surface area contributed by atoms with Gasteiger partial charge < -0.3 is 24.3 Å². The van der Waals surface area contributed by atoms with Crippen molar-refractivity contribution < 1.29 is 33.3 Å². The van der Waals surface area contributed by atoms with Crippen LogP contribution in [0, 0.1) is 0 Å². The van der Waals surface area contributed by atoms with Crippen molar-refractivity contribution in [1.29, 1.82) is 0 Å². The smallest absolute Gasteiger partial charge is 0.343 e. The van der Waals surface area contributed by atoms with Crippen molar-refractivity contribution in [3.63, 3.8) is 0 Å². The number of amides is 2. The van der Waals surface area contributed by atoms with Gasteiger partial charge in [0.05, 0.1) is 50.0 Å². The van der Waals surface area contributed by atoms with E-state index in [1.165, 1.54) is 39.7 Å². The van der Waals surface area contributed by atoms with Gasteiger partial charge in [0.15, 0.2) is 17.2 Å². The van der Waals surface area contributed by atoms with Crippen molar-refractivity contribution in [2.24, 2.45) is 5.10 Å². The topological polar surface area (TPSA) is 125 Å². The number of methoxy groups -OCH3 is 3. The van der Waals surface area contributed by atoms with E-state index in [-0.39, 0.29) is 35.3 Å². The van der Waals surface area contributed by atoms with E-state index in [4.69, 9.17) is 18.9 Å². The van der Waals surface area contributed by atoms with Gasteiger partial charge in [0, 0.05) is 10.0 Å². The van der Waals surface area contributed by atoms with Gasteiger partial charge in [0.2, 0.25) is 11.7 Å². The molecule has 0 aliphatic carbocycles. The average molecular weight is 739 g/mol. The van der Waals surface area contributed by atoms with Crippen LogP contribution in [0.2, 0.25) is 0 Å². The molecule has 2 N–H and O–H groups in total. The van der Waals surface area contributed by atoms with E-state index < -0.39 is 17.8 Å². The fraction of sp³-hybridized carbons (Fsp3) is 0.152. The minimum atomic E-state index is -0.704. The van der Waals surface area contributed by atoms with Gasteiger partial charge in [-0.2, -0.15) is 5.10 Å². The molecule has 0 saturated carbocycles. The maximum absolute atomic E-state index is 13.2. The molecule has 2 amide bonds. The van der Waals surface area contributed by atoms with Crippen molar-refractivity contribution in [1.82, 2.24) is 10.7 Å². The molecular formula is C33H29Br2N3O7. The number of rotatable bonds is 12. The van der Waals surface area contributed by atoms with Gasteiger partial charge in [-0.25, -0.2) is 10.2 Å². The van der Waals surface area contributed by atoms with E-state index in [0.717, 1.165) is 11.1 Å². The highest BCUT2D eigenvalue weighted by Gasteiger charge is 2.23. The lowest BCUT2D eigenvalue weighted by Crippen LogP contribution is -2.37. The SMILES string of the molecule is COc1cc(C(=O)Oc2c(Br)cc(Br)cc2/C=N/NC(=O)CNC(=O)C(c2ccccc2)c2ccccc2)cc(OC)c1OC. The van der Waals surface area contributed by atoms with Crippen LogP contribution in [0.1, 0.15) is 33.0 Å². The first-order chi connectivity index (χ1) is 21.7. The highest BCUT2D eigenvalue weighted by Crippen LogP contribution is 2.39. The highest BCUT2D eigenvalue weighted by atomic mass is 79.9. The van der Waals surface area contributed by atoms with Crippen molar-refractivity contribution in [2.45, 2.75) is 5.92 Å². The number of ether oxygens (including phenoxy) is 4. The summed E-state index contributed by atoms with van der Waals surface area (Å²) in [6.07, 6.45) is 1.32. The highest BCUT2D eigenvalue weighted by molar-refractivity contribution is 9.11. The van der Waals surface area contributed by atoms with Crippen molar-refractivity contribution in [3.8, 4) is 23.0 Å². The van der Waals surface area contributed by atoms with E-state index in [1.807, 2.05) is 60.7 Å². The van der Waals surface area contributed by atoms with Crippen LogP contribution in [-0.2, 0) is 9.59 Å². The molecule has 10 nitrogen and oxygen atoms in total. The number of halogens is 2. The largest absolute Gasteiger partial charge is 0.493 e. The molecule has 0 fully saturated rings. The average Bonchev–Trinajstić information content (AvgIpc) is 3.05. The molecule has 12 heteroatoms. The first kappa shape index (κ1) is 33.2. The first-order valence-electron chi connectivity index (χ1n) is 13.5. The summed E-state index contributed by atoms with van der Waals surface area (Å²) < 4.78 is 22.8. The molecule has 0 aliphatic rings. The van der Waals surface area contributed by atoms with Crippen LogP contribution in [0.4, 0.5) is 0 Å². The molecule has 45 heavy (non-hydrogen) atoms. The molecule has 4 aromatic rings. The fourth-order valence-corrected chi connectivity index (χ4v) is 5.74. The maximum Gasteiger partial charge on any atom is 0.343 e. The summed E-state index contributed by atoms with van der Waals surface area (Å²) in [4.78, 5) is 39.0. The second kappa shape index (κ2) is 15.9. The van der Waals surface area contributed by atoms with Gasteiger partial charge in [-0.15, -0.1) is 0 Å². The Morgan fingerprint density at radius 3 is 1.91 bits per heavy atom. The molecule has 0 heterocycles. The second-order valence-corrected chi connectivity index (χ2v) is 11.1. The summed E-state index contributed by atoms with van der Waals surface area (Å²) in [6.45, 7) is -0.308. The van der Waals surface area contributed by atoms with Crippen LogP contribution in [0.5, 0.6) is 23.0 Å². The van der Waals surface area contributed by atoms with Crippen LogP contribution >= 0.6 is 31.9 Å². The van der Waals surface area contributed by atoms with Gasteiger partial charge in [-0.1, -0.05) is 76.6 Å². The van der Waals surface area contributed by atoms with Gasteiger partial charge in [0.25, 0.3) is 5.91 Å². The molecule has 0 aromatic heterocycles. The van der Waals surface area contributed by atoms with E-state index >= 15 is 0 Å². The predicted molar refractivity (Wildman–Crippen MR) is 176 cm³/mol. The lowest BCUT2D eigenvalue weighted by atomic mass is 9.90. The Kier molecular flexibility index (Phi) is 11.7. The fourth-order valence-electron chi connectivity index (χ4n) is 4.40. The quantitative estimate of drug-likeness (QED) is 0.0809. The number of hydrogen-bond acceptors (Lipinski definition) is 8. The van der Waals surface area contributed by atoms with Gasteiger partial charge >= 0.3 is 5.97 Å². The van der Waals surface area contributed by atoms with Crippen molar-refractivity contribution in [3.05, 3.63) is 116 Å². The molecule has 0 aliphatic heterocycles. The van der Waals surface area contributed by atoms with Crippen LogP contribution in [-0.4, -0.2) is 51.9 Å². The third-order valence-corrected chi connectivity index (χ3v) is 7.52. The molecule has 232 valence electrons. The van der Waals surface area contributed by atoms with E-state index in [2.05, 4.69) is 47.7 Å². The number of nitrogens with zero attached hydrogens (tertiary/aromatic N) is 1. The molecule has 4 aromatic carbocycles. The van der Waals surface area contributed by atoms with Crippen LogP contribution in [0.15, 0.2) is 99.0 Å². The number of carbonyl (C=O) groups excluding carboxylic acids is 3. The Bertz CT molecular complexity index is 1640. The minimum Gasteiger partial charge on any atom is -0.493 e. The Hall–Kier alpha value is -4.68. The number of hydrazone groups is 1. The third kappa shape index (κ3) is 8.49. The monoisotopic (exact) mass is 737 g/mol. The van der Waals surface area contributed by atoms with Crippen molar-refractivity contribution >= 4 is 55.9 Å². The van der Waals surface area contributed by atoms with Crippen LogP contribution in [0.3, 0.4) is 0 Å². The summed E-state index contributed by atoms with van der Waals surface area (Å²) in [7, 11) is 4.34. The molecule has 0 radical (unpaired) electrons. The maximum atomic E-state index is 13.2. The van der Waals surface area contributed by atoms with E-state index in [0.29, 0.717) is 20.3 Å². The molecule has 0 saturated heterocycles. The Balaban J connectivity index is 1.45. The molecular weight excluding hydrogens is 710 g/mol. The molecule has 0 bridgehead atoms. The number of esters is 1. The van der Waals surface area contributed by atoms with E-state index in [1.54, 1.807) is 12.1 Å². The normalized spacial score (nSPS) is 10.8. The predicted octanol–water partition coefficient (Wildman–Crippen LogP) is 5.86. The molecule has 4 rings (SSSR count). The summed E-state index contributed by atoms with van der Waals surface area (Å²) in [5.74, 6) is -1.12. The van der Waals surface area contributed by atoms with Crippen molar-refractivity contribution in [2.75, 3.05) is 27.9 Å². The summed E-state index contributed by atoms with van der Waals surface area (Å²) in [5, 5.41) is 6.71. The lowest BCUT2D eigenvalue weighted by molar-refractivity contribution is -0.126. The zero-order valence-corrected chi connectivity index (χ0v) is 27.7. The van der Waals surface area contributed by atoms with Gasteiger partial charge in [-0.05, 0) is 51.3 Å². The summed E-state index contributed by atoms with van der Waals surface area (Å²) in [6, 6.07) is 24.9. The first-order valence-corrected chi connectivity index (χ1v) is 15.0. The Labute approximate surface area is 277 Å². The number of hydrogen-bond donors (Lipinski definition) is 2. The number of nitrogens with one attached hydrogen (secondary N) is 2. The minimum absolute atomic E-state index is 0.149. The third-order valence-electron chi connectivity index (χ3n) is 6.48. The number of carbonyl (C=O) groups is 3.